The van der Waals surface area contributed by atoms with Gasteiger partial charge in [0, 0.05) is 16.7 Å². The van der Waals surface area contributed by atoms with Gasteiger partial charge in [-0.15, -0.1) is 0 Å². The van der Waals surface area contributed by atoms with Gasteiger partial charge in [-0.25, -0.2) is 4.79 Å². The summed E-state index contributed by atoms with van der Waals surface area (Å²) in [7, 11) is 5.85. The minimum atomic E-state index is -0.512. The Balaban J connectivity index is 2.66. The molecule has 2 aromatic rings. The van der Waals surface area contributed by atoms with E-state index < -0.39 is 5.97 Å². The number of oxime groups is 1. The summed E-state index contributed by atoms with van der Waals surface area (Å²) >= 11 is 0. The molecule has 0 saturated carbocycles. The van der Waals surface area contributed by atoms with Crippen molar-refractivity contribution in [3.8, 4) is 5.75 Å². The fourth-order valence-corrected chi connectivity index (χ4v) is 2.49. The van der Waals surface area contributed by atoms with Gasteiger partial charge in [0.05, 0.1) is 27.6 Å². The minimum Gasteiger partial charge on any atom is -0.503 e. The maximum absolute atomic E-state index is 12.2. The molecule has 0 aliphatic heterocycles. The quantitative estimate of drug-likeness (QED) is 0.251. The number of hydrogen-bond acceptors (Lipinski definition) is 6. The smallest absolute Gasteiger partial charge is 0.341 e. The fourth-order valence-electron chi connectivity index (χ4n) is 2.49. The SMILES string of the molecule is COC=C(C(=O)OC)c1ccccc1C(=NOC)c1cccc(OC)c1. The van der Waals surface area contributed by atoms with Crippen molar-refractivity contribution < 1.29 is 23.8 Å². The van der Waals surface area contributed by atoms with Crippen molar-refractivity contribution in [2.45, 2.75) is 0 Å². The Labute approximate surface area is 152 Å². The first-order valence-electron chi connectivity index (χ1n) is 7.82. The van der Waals surface area contributed by atoms with Gasteiger partial charge in [-0.3, -0.25) is 0 Å². The van der Waals surface area contributed by atoms with Gasteiger partial charge in [0.2, 0.25) is 0 Å². The van der Waals surface area contributed by atoms with Crippen molar-refractivity contribution >= 4 is 17.3 Å². The third kappa shape index (κ3) is 4.22. The standard InChI is InChI=1S/C20H21NO5/c1-23-13-18(20(22)25-3)16-10-5-6-11-17(16)19(21-26-4)14-8-7-9-15(12-14)24-2/h5-13H,1-4H3. The molecule has 0 aromatic heterocycles. The van der Waals surface area contributed by atoms with Crippen molar-refractivity contribution in [2.24, 2.45) is 5.16 Å². The Morgan fingerprint density at radius 3 is 2.31 bits per heavy atom. The number of carbonyl (C=O) groups is 1. The van der Waals surface area contributed by atoms with Crippen LogP contribution in [0.15, 0.2) is 59.9 Å². The van der Waals surface area contributed by atoms with E-state index in [2.05, 4.69) is 5.16 Å². The predicted molar refractivity (Wildman–Crippen MR) is 99.1 cm³/mol. The lowest BCUT2D eigenvalue weighted by molar-refractivity contribution is -0.133. The van der Waals surface area contributed by atoms with Crippen LogP contribution in [0.3, 0.4) is 0 Å². The molecule has 0 aliphatic carbocycles. The molecule has 0 fully saturated rings. The van der Waals surface area contributed by atoms with E-state index in [-0.39, 0.29) is 5.57 Å². The first-order chi connectivity index (χ1) is 12.7. The average molecular weight is 355 g/mol. The first-order valence-corrected chi connectivity index (χ1v) is 7.82. The normalized spacial score (nSPS) is 11.7. The predicted octanol–water partition coefficient (Wildman–Crippen LogP) is 3.25. The summed E-state index contributed by atoms with van der Waals surface area (Å²) in [4.78, 5) is 17.3. The summed E-state index contributed by atoms with van der Waals surface area (Å²) in [5, 5.41) is 4.17. The monoisotopic (exact) mass is 355 g/mol. The first kappa shape index (κ1) is 19.1. The number of benzene rings is 2. The molecular formula is C20H21NO5. The van der Waals surface area contributed by atoms with Gasteiger partial charge < -0.3 is 19.0 Å². The van der Waals surface area contributed by atoms with Gasteiger partial charge in [0.15, 0.2) is 0 Å². The van der Waals surface area contributed by atoms with Gasteiger partial charge in [0.1, 0.15) is 24.1 Å². The Morgan fingerprint density at radius 2 is 1.69 bits per heavy atom. The lowest BCUT2D eigenvalue weighted by Gasteiger charge is -2.14. The molecule has 0 bridgehead atoms. The highest BCUT2D eigenvalue weighted by Crippen LogP contribution is 2.25. The van der Waals surface area contributed by atoms with E-state index in [4.69, 9.17) is 19.0 Å². The molecular weight excluding hydrogens is 334 g/mol. The number of hydrogen-bond donors (Lipinski definition) is 0. The number of rotatable bonds is 7. The zero-order valence-corrected chi connectivity index (χ0v) is 15.2. The van der Waals surface area contributed by atoms with Crippen molar-refractivity contribution in [3.05, 3.63) is 71.5 Å². The second-order valence-electron chi connectivity index (χ2n) is 5.16. The molecule has 136 valence electrons. The van der Waals surface area contributed by atoms with E-state index >= 15 is 0 Å². The van der Waals surface area contributed by atoms with E-state index in [1.807, 2.05) is 42.5 Å². The lowest BCUT2D eigenvalue weighted by Crippen LogP contribution is -2.12. The maximum atomic E-state index is 12.2. The Hall–Kier alpha value is -3.28. The number of carbonyl (C=O) groups excluding carboxylic acids is 1. The number of ether oxygens (including phenoxy) is 3. The summed E-state index contributed by atoms with van der Waals surface area (Å²) in [6.07, 6.45) is 1.35. The molecule has 0 atom stereocenters. The van der Waals surface area contributed by atoms with Crippen LogP contribution < -0.4 is 4.74 Å². The summed E-state index contributed by atoms with van der Waals surface area (Å²) in [6, 6.07) is 14.7. The van der Waals surface area contributed by atoms with Gasteiger partial charge in [-0.2, -0.15) is 0 Å². The van der Waals surface area contributed by atoms with Crippen LogP contribution in [0.25, 0.3) is 5.57 Å². The Kier molecular flexibility index (Phi) is 6.79. The maximum Gasteiger partial charge on any atom is 0.341 e. The zero-order chi connectivity index (χ0) is 18.9. The minimum absolute atomic E-state index is 0.275. The fraction of sp³-hybridized carbons (Fsp3) is 0.200. The highest BCUT2D eigenvalue weighted by atomic mass is 16.6. The van der Waals surface area contributed by atoms with Crippen LogP contribution in [0, 0.1) is 0 Å². The molecule has 0 aliphatic rings. The lowest BCUT2D eigenvalue weighted by atomic mass is 9.93. The summed E-state index contributed by atoms with van der Waals surface area (Å²) in [6.45, 7) is 0. The molecule has 0 amide bonds. The summed E-state index contributed by atoms with van der Waals surface area (Å²) < 4.78 is 15.2. The van der Waals surface area contributed by atoms with Crippen LogP contribution in [0.2, 0.25) is 0 Å². The number of methoxy groups -OCH3 is 3. The molecule has 2 aromatic carbocycles. The number of esters is 1. The molecule has 0 saturated heterocycles. The van der Waals surface area contributed by atoms with Gasteiger partial charge in [0.25, 0.3) is 0 Å². The van der Waals surface area contributed by atoms with Gasteiger partial charge in [-0.05, 0) is 12.1 Å². The largest absolute Gasteiger partial charge is 0.503 e. The molecule has 0 N–H and O–H groups in total. The van der Waals surface area contributed by atoms with E-state index in [1.165, 1.54) is 27.6 Å². The van der Waals surface area contributed by atoms with Crippen molar-refractivity contribution in [3.63, 3.8) is 0 Å². The summed E-state index contributed by atoms with van der Waals surface area (Å²) in [5.74, 6) is 0.172. The highest BCUT2D eigenvalue weighted by Gasteiger charge is 2.21. The van der Waals surface area contributed by atoms with E-state index in [1.54, 1.807) is 13.2 Å². The second-order valence-corrected chi connectivity index (χ2v) is 5.16. The molecule has 0 spiro atoms. The van der Waals surface area contributed by atoms with Gasteiger partial charge >= 0.3 is 5.97 Å². The average Bonchev–Trinajstić information content (AvgIpc) is 2.70. The Morgan fingerprint density at radius 1 is 0.962 bits per heavy atom. The summed E-state index contributed by atoms with van der Waals surface area (Å²) in [5.41, 5.74) is 2.90. The van der Waals surface area contributed by atoms with Crippen molar-refractivity contribution in [1.29, 1.82) is 0 Å². The second kappa shape index (κ2) is 9.27. The van der Waals surface area contributed by atoms with E-state index in [9.17, 15) is 4.79 Å². The molecule has 6 nitrogen and oxygen atoms in total. The third-order valence-electron chi connectivity index (χ3n) is 3.64. The van der Waals surface area contributed by atoms with Crippen LogP contribution in [0.5, 0.6) is 5.75 Å². The Bertz CT molecular complexity index is 826. The van der Waals surface area contributed by atoms with Crippen LogP contribution in [0.4, 0.5) is 0 Å². The van der Waals surface area contributed by atoms with E-state index in [0.29, 0.717) is 22.6 Å². The third-order valence-corrected chi connectivity index (χ3v) is 3.64. The van der Waals surface area contributed by atoms with Crippen LogP contribution in [0.1, 0.15) is 16.7 Å². The van der Waals surface area contributed by atoms with Crippen molar-refractivity contribution in [1.82, 2.24) is 0 Å². The topological polar surface area (TPSA) is 66.4 Å². The van der Waals surface area contributed by atoms with Crippen LogP contribution in [-0.4, -0.2) is 40.1 Å². The molecule has 2 rings (SSSR count). The molecule has 0 unspecified atom stereocenters. The molecule has 26 heavy (non-hydrogen) atoms. The molecule has 0 heterocycles. The van der Waals surface area contributed by atoms with Crippen LogP contribution >= 0.6 is 0 Å². The molecule has 6 heteroatoms. The van der Waals surface area contributed by atoms with Crippen molar-refractivity contribution in [2.75, 3.05) is 28.4 Å². The van der Waals surface area contributed by atoms with Gasteiger partial charge in [-0.1, -0.05) is 41.6 Å². The van der Waals surface area contributed by atoms with Crippen LogP contribution in [-0.2, 0) is 19.1 Å². The molecule has 0 radical (unpaired) electrons. The number of nitrogens with zero attached hydrogens (tertiary/aromatic N) is 1. The highest BCUT2D eigenvalue weighted by molar-refractivity contribution is 6.22. The zero-order valence-electron chi connectivity index (χ0n) is 15.2. The van der Waals surface area contributed by atoms with E-state index in [0.717, 1.165) is 5.56 Å².